The predicted molar refractivity (Wildman–Crippen MR) is 64.8 cm³/mol. The van der Waals surface area contributed by atoms with Gasteiger partial charge in [0.05, 0.1) is 0 Å². The molecule has 1 saturated carbocycles. The fourth-order valence-corrected chi connectivity index (χ4v) is 4.02. The molecule has 0 aromatic heterocycles. The number of rotatable bonds is 3. The molecule has 1 N–H and O–H groups in total. The van der Waals surface area contributed by atoms with Gasteiger partial charge in [-0.3, -0.25) is 0 Å². The van der Waals surface area contributed by atoms with Crippen molar-refractivity contribution in [1.29, 1.82) is 0 Å². The Hall–Kier alpha value is 0.310. The van der Waals surface area contributed by atoms with Crippen molar-refractivity contribution in [3.8, 4) is 0 Å². The van der Waals surface area contributed by atoms with E-state index in [4.69, 9.17) is 0 Å². The van der Waals surface area contributed by atoms with E-state index < -0.39 is 0 Å². The lowest BCUT2D eigenvalue weighted by molar-refractivity contribution is 0.457. The standard InChI is InChI=1S/C12H23NS/c1-11(2)10(12(11,3)4)13-7-9-5-6-14-8-9/h9-10,13H,5-8H2,1-4H3. The van der Waals surface area contributed by atoms with E-state index in [2.05, 4.69) is 44.8 Å². The molecule has 2 heteroatoms. The van der Waals surface area contributed by atoms with Crippen molar-refractivity contribution < 1.29 is 0 Å². The third-order valence-electron chi connectivity index (χ3n) is 4.66. The maximum Gasteiger partial charge on any atom is 0.0181 e. The van der Waals surface area contributed by atoms with Gasteiger partial charge in [0, 0.05) is 6.04 Å². The van der Waals surface area contributed by atoms with Crippen molar-refractivity contribution in [2.24, 2.45) is 16.7 Å². The molecule has 1 saturated heterocycles. The summed E-state index contributed by atoms with van der Waals surface area (Å²) in [4.78, 5) is 0. The normalized spacial score (nSPS) is 34.7. The van der Waals surface area contributed by atoms with Crippen LogP contribution in [-0.4, -0.2) is 24.1 Å². The topological polar surface area (TPSA) is 12.0 Å². The Balaban J connectivity index is 1.77. The summed E-state index contributed by atoms with van der Waals surface area (Å²) in [7, 11) is 0. The lowest BCUT2D eigenvalue weighted by Crippen LogP contribution is -2.28. The van der Waals surface area contributed by atoms with E-state index in [1.165, 1.54) is 24.5 Å². The third-order valence-corrected chi connectivity index (χ3v) is 5.89. The summed E-state index contributed by atoms with van der Waals surface area (Å²) in [5, 5.41) is 3.77. The third kappa shape index (κ3) is 1.61. The van der Waals surface area contributed by atoms with Crippen molar-refractivity contribution in [2.45, 2.75) is 40.2 Å². The van der Waals surface area contributed by atoms with Crippen molar-refractivity contribution in [2.75, 3.05) is 18.1 Å². The maximum atomic E-state index is 3.77. The zero-order chi connectivity index (χ0) is 10.4. The summed E-state index contributed by atoms with van der Waals surface area (Å²) in [6.45, 7) is 10.8. The first kappa shape index (κ1) is 10.8. The molecule has 14 heavy (non-hydrogen) atoms. The molecule has 82 valence electrons. The molecule has 1 heterocycles. The van der Waals surface area contributed by atoms with Crippen LogP contribution in [0.1, 0.15) is 34.1 Å². The summed E-state index contributed by atoms with van der Waals surface area (Å²) in [6.07, 6.45) is 1.42. The van der Waals surface area contributed by atoms with Gasteiger partial charge in [0.25, 0.3) is 0 Å². The molecule has 2 fully saturated rings. The highest BCUT2D eigenvalue weighted by atomic mass is 32.2. The molecular weight excluding hydrogens is 190 g/mol. The summed E-state index contributed by atoms with van der Waals surface area (Å²) in [5.41, 5.74) is 0.998. The van der Waals surface area contributed by atoms with E-state index in [-0.39, 0.29) is 0 Å². The van der Waals surface area contributed by atoms with Crippen LogP contribution in [0.2, 0.25) is 0 Å². The lowest BCUT2D eigenvalue weighted by Gasteiger charge is -2.11. The van der Waals surface area contributed by atoms with Gasteiger partial charge in [0.1, 0.15) is 0 Å². The minimum Gasteiger partial charge on any atom is -0.313 e. The fraction of sp³-hybridized carbons (Fsp3) is 1.00. The molecule has 1 aliphatic heterocycles. The Bertz CT molecular complexity index is 202. The van der Waals surface area contributed by atoms with Crippen molar-refractivity contribution in [3.05, 3.63) is 0 Å². The molecule has 1 aliphatic carbocycles. The molecule has 0 aromatic carbocycles. The van der Waals surface area contributed by atoms with Gasteiger partial charge in [-0.2, -0.15) is 11.8 Å². The number of thioether (sulfide) groups is 1. The van der Waals surface area contributed by atoms with Crippen LogP contribution >= 0.6 is 11.8 Å². The van der Waals surface area contributed by atoms with Crippen LogP contribution in [0.5, 0.6) is 0 Å². The maximum absolute atomic E-state index is 3.77. The van der Waals surface area contributed by atoms with Crippen LogP contribution < -0.4 is 5.32 Å². The summed E-state index contributed by atoms with van der Waals surface area (Å²) in [6, 6.07) is 0.737. The predicted octanol–water partition coefficient (Wildman–Crippen LogP) is 2.76. The molecule has 0 amide bonds. The Morgan fingerprint density at radius 2 is 1.86 bits per heavy atom. The Morgan fingerprint density at radius 3 is 2.29 bits per heavy atom. The van der Waals surface area contributed by atoms with Crippen LogP contribution in [0.25, 0.3) is 0 Å². The van der Waals surface area contributed by atoms with Crippen molar-refractivity contribution in [1.82, 2.24) is 5.32 Å². The van der Waals surface area contributed by atoms with E-state index in [1.807, 2.05) is 0 Å². The average molecular weight is 213 g/mol. The van der Waals surface area contributed by atoms with Crippen LogP contribution in [0.3, 0.4) is 0 Å². The average Bonchev–Trinajstić information content (AvgIpc) is 2.54. The molecule has 1 unspecified atom stereocenters. The van der Waals surface area contributed by atoms with Gasteiger partial charge in [-0.05, 0) is 41.2 Å². The minimum absolute atomic E-state index is 0.499. The van der Waals surface area contributed by atoms with Crippen LogP contribution in [0.15, 0.2) is 0 Å². The largest absolute Gasteiger partial charge is 0.313 e. The number of nitrogens with one attached hydrogen (secondary N) is 1. The monoisotopic (exact) mass is 213 g/mol. The van der Waals surface area contributed by atoms with Gasteiger partial charge in [-0.1, -0.05) is 27.7 Å². The highest BCUT2D eigenvalue weighted by molar-refractivity contribution is 7.99. The quantitative estimate of drug-likeness (QED) is 0.773. The second kappa shape index (κ2) is 3.41. The van der Waals surface area contributed by atoms with Gasteiger partial charge in [-0.15, -0.1) is 0 Å². The Labute approximate surface area is 92.4 Å². The van der Waals surface area contributed by atoms with Crippen molar-refractivity contribution >= 4 is 11.8 Å². The second-order valence-electron chi connectivity index (χ2n) is 6.01. The van der Waals surface area contributed by atoms with Gasteiger partial charge in [-0.25, -0.2) is 0 Å². The van der Waals surface area contributed by atoms with Gasteiger partial charge in [0.15, 0.2) is 0 Å². The van der Waals surface area contributed by atoms with Crippen LogP contribution in [0, 0.1) is 16.7 Å². The molecule has 0 aromatic rings. The van der Waals surface area contributed by atoms with Gasteiger partial charge in [0.2, 0.25) is 0 Å². The number of hydrogen-bond donors (Lipinski definition) is 1. The first-order valence-corrected chi connectivity index (χ1v) is 6.93. The van der Waals surface area contributed by atoms with Crippen LogP contribution in [-0.2, 0) is 0 Å². The minimum atomic E-state index is 0.499. The van der Waals surface area contributed by atoms with E-state index in [9.17, 15) is 0 Å². The molecular formula is C12H23NS. The summed E-state index contributed by atoms with van der Waals surface area (Å²) >= 11 is 2.11. The molecule has 0 spiro atoms. The number of hydrogen-bond acceptors (Lipinski definition) is 2. The molecule has 0 bridgehead atoms. The molecule has 1 atom stereocenters. The zero-order valence-corrected chi connectivity index (χ0v) is 10.7. The summed E-state index contributed by atoms with van der Waals surface area (Å²) < 4.78 is 0. The molecule has 2 aliphatic rings. The highest BCUT2D eigenvalue weighted by Crippen LogP contribution is 2.62. The zero-order valence-electron chi connectivity index (χ0n) is 9.89. The first-order chi connectivity index (χ1) is 6.46. The highest BCUT2D eigenvalue weighted by Gasteiger charge is 2.64. The Morgan fingerprint density at radius 1 is 1.21 bits per heavy atom. The fourth-order valence-electron chi connectivity index (χ4n) is 2.74. The van der Waals surface area contributed by atoms with E-state index >= 15 is 0 Å². The smallest absolute Gasteiger partial charge is 0.0181 e. The van der Waals surface area contributed by atoms with Gasteiger partial charge < -0.3 is 5.32 Å². The molecule has 0 radical (unpaired) electrons. The molecule has 1 nitrogen and oxygen atoms in total. The first-order valence-electron chi connectivity index (χ1n) is 5.77. The van der Waals surface area contributed by atoms with Gasteiger partial charge >= 0.3 is 0 Å². The van der Waals surface area contributed by atoms with Crippen molar-refractivity contribution in [3.63, 3.8) is 0 Å². The SMILES string of the molecule is CC1(C)C(NCC2CCSC2)C1(C)C. The Kier molecular flexibility index (Phi) is 2.64. The molecule has 2 rings (SSSR count). The second-order valence-corrected chi connectivity index (χ2v) is 7.16. The van der Waals surface area contributed by atoms with Crippen LogP contribution in [0.4, 0.5) is 0 Å². The van der Waals surface area contributed by atoms with E-state index in [0.717, 1.165) is 12.0 Å². The van der Waals surface area contributed by atoms with E-state index in [1.54, 1.807) is 0 Å². The summed E-state index contributed by atoms with van der Waals surface area (Å²) in [5.74, 6) is 3.69. The lowest BCUT2D eigenvalue weighted by atomic mass is 10.0. The van der Waals surface area contributed by atoms with E-state index in [0.29, 0.717) is 10.8 Å².